The van der Waals surface area contributed by atoms with Gasteiger partial charge in [0.2, 0.25) is 0 Å². The molecule has 1 N–H and O–H groups in total. The second-order valence-electron chi connectivity index (χ2n) is 1.07. The van der Waals surface area contributed by atoms with Gasteiger partial charge in [0, 0.05) is 0 Å². The molecule has 0 aromatic heterocycles. The number of carbonyl (C=O) groups is 1. The van der Waals surface area contributed by atoms with Crippen LogP contribution in [-0.2, 0) is 9.63 Å². The van der Waals surface area contributed by atoms with Crippen LogP contribution in [0.2, 0.25) is 0 Å². The van der Waals surface area contributed by atoms with E-state index in [9.17, 15) is 4.79 Å². The van der Waals surface area contributed by atoms with Crippen molar-refractivity contribution < 1.29 is 9.63 Å². The summed E-state index contributed by atoms with van der Waals surface area (Å²) in [7, 11) is 0. The molecule has 1 amide bonds. The highest BCUT2D eigenvalue weighted by molar-refractivity contribution is 5.91. The predicted molar refractivity (Wildman–Crippen MR) is 31.8 cm³/mol. The van der Waals surface area contributed by atoms with E-state index in [1.165, 1.54) is 0 Å². The average Bonchev–Trinajstić information content (AvgIpc) is 1.89. The summed E-state index contributed by atoms with van der Waals surface area (Å²) in [5.74, 6) is 3.29. The van der Waals surface area contributed by atoms with Gasteiger partial charge in [-0.3, -0.25) is 9.63 Å². The van der Waals surface area contributed by atoms with E-state index in [0.717, 1.165) is 0 Å². The fraction of sp³-hybridized carbons (Fsp3) is 0.167. The van der Waals surface area contributed by atoms with E-state index in [1.54, 1.807) is 5.92 Å². The Labute approximate surface area is 53.3 Å². The van der Waals surface area contributed by atoms with Gasteiger partial charge in [-0.15, -0.1) is 12.8 Å². The summed E-state index contributed by atoms with van der Waals surface area (Å²) >= 11 is 0. The summed E-state index contributed by atoms with van der Waals surface area (Å²) in [6.45, 7) is 0.0212. The van der Waals surface area contributed by atoms with Crippen LogP contribution in [0.25, 0.3) is 0 Å². The van der Waals surface area contributed by atoms with E-state index in [1.807, 2.05) is 5.48 Å². The molecule has 0 aromatic rings. The van der Waals surface area contributed by atoms with Crippen LogP contribution in [0.3, 0.4) is 0 Å². The van der Waals surface area contributed by atoms with Crippen LogP contribution < -0.4 is 5.48 Å². The number of hydroxylamine groups is 1. The zero-order chi connectivity index (χ0) is 7.11. The lowest BCUT2D eigenvalue weighted by Crippen LogP contribution is -2.21. The molecule has 0 unspecified atom stereocenters. The second kappa shape index (κ2) is 4.70. The molecule has 0 aliphatic heterocycles. The molecule has 0 aromatic carbocycles. The molecule has 0 saturated heterocycles. The topological polar surface area (TPSA) is 38.3 Å². The Morgan fingerprint density at radius 1 is 1.67 bits per heavy atom. The lowest BCUT2D eigenvalue weighted by atomic mass is 10.7. The van der Waals surface area contributed by atoms with Crippen LogP contribution in [0.5, 0.6) is 0 Å². The average molecular weight is 123 g/mol. The van der Waals surface area contributed by atoms with Gasteiger partial charge in [0.15, 0.2) is 0 Å². The minimum atomic E-state index is -0.634. The van der Waals surface area contributed by atoms with Crippen molar-refractivity contribution in [2.75, 3.05) is 6.61 Å². The predicted octanol–water partition coefficient (Wildman–Crippen LogP) is -0.699. The van der Waals surface area contributed by atoms with Crippen LogP contribution in [0, 0.1) is 24.7 Å². The van der Waals surface area contributed by atoms with Crippen LogP contribution >= 0.6 is 0 Å². The van der Waals surface area contributed by atoms with Gasteiger partial charge in [-0.25, -0.2) is 5.48 Å². The van der Waals surface area contributed by atoms with Gasteiger partial charge >= 0.3 is 5.91 Å². The first-order valence-corrected chi connectivity index (χ1v) is 2.13. The SMILES string of the molecule is C#CCONC(=O)C#C. The van der Waals surface area contributed by atoms with E-state index < -0.39 is 5.91 Å². The first-order valence-electron chi connectivity index (χ1n) is 2.13. The van der Waals surface area contributed by atoms with E-state index in [0.29, 0.717) is 0 Å². The van der Waals surface area contributed by atoms with Crippen molar-refractivity contribution in [1.29, 1.82) is 0 Å². The van der Waals surface area contributed by atoms with Crippen molar-refractivity contribution in [2.45, 2.75) is 0 Å². The number of amides is 1. The molecule has 9 heavy (non-hydrogen) atoms. The van der Waals surface area contributed by atoms with Crippen molar-refractivity contribution in [2.24, 2.45) is 0 Å². The lowest BCUT2D eigenvalue weighted by molar-refractivity contribution is -0.126. The summed E-state index contributed by atoms with van der Waals surface area (Å²) < 4.78 is 0. The molecule has 0 fully saturated rings. The van der Waals surface area contributed by atoms with Gasteiger partial charge in [-0.1, -0.05) is 5.92 Å². The number of nitrogens with one attached hydrogen (secondary N) is 1. The smallest absolute Gasteiger partial charge is 0.260 e. The molecule has 3 heteroatoms. The van der Waals surface area contributed by atoms with Gasteiger partial charge in [-0.05, 0) is 5.92 Å². The van der Waals surface area contributed by atoms with Crippen molar-refractivity contribution in [1.82, 2.24) is 5.48 Å². The number of hydrogen-bond acceptors (Lipinski definition) is 2. The number of hydrogen-bond donors (Lipinski definition) is 1. The Morgan fingerprint density at radius 3 is 2.78 bits per heavy atom. The van der Waals surface area contributed by atoms with E-state index in [4.69, 9.17) is 6.42 Å². The first-order chi connectivity index (χ1) is 4.31. The standard InChI is InChI=1S/C6H5NO2/c1-3-5-9-7-6(8)4-2/h1-2H,5H2,(H,7,8). The maximum absolute atomic E-state index is 10.1. The summed E-state index contributed by atoms with van der Waals surface area (Å²) in [5.41, 5.74) is 1.92. The van der Waals surface area contributed by atoms with E-state index in [2.05, 4.69) is 17.2 Å². The monoisotopic (exact) mass is 123 g/mol. The quantitative estimate of drug-likeness (QED) is 0.299. The molecule has 0 radical (unpaired) electrons. The Hall–Kier alpha value is -1.45. The van der Waals surface area contributed by atoms with Gasteiger partial charge < -0.3 is 0 Å². The molecule has 0 aliphatic rings. The third-order valence-corrected chi connectivity index (χ3v) is 0.451. The number of rotatable bonds is 2. The maximum atomic E-state index is 10.1. The maximum Gasteiger partial charge on any atom is 0.319 e. The molecule has 0 saturated carbocycles. The minimum Gasteiger partial charge on any atom is -0.260 e. The van der Waals surface area contributed by atoms with Gasteiger partial charge in [-0.2, -0.15) is 0 Å². The normalized spacial score (nSPS) is 6.89. The Bertz CT molecular complexity index is 172. The third kappa shape index (κ3) is 4.40. The van der Waals surface area contributed by atoms with E-state index >= 15 is 0 Å². The van der Waals surface area contributed by atoms with Gasteiger partial charge in [0.25, 0.3) is 0 Å². The third-order valence-electron chi connectivity index (χ3n) is 0.451. The molecule has 0 aliphatic carbocycles. The molecule has 0 bridgehead atoms. The van der Waals surface area contributed by atoms with Crippen LogP contribution in [0.1, 0.15) is 0 Å². The minimum absolute atomic E-state index is 0.0212. The molecular formula is C6H5NO2. The second-order valence-corrected chi connectivity index (χ2v) is 1.07. The fourth-order valence-corrected chi connectivity index (χ4v) is 0.173. The molecule has 0 heterocycles. The molecule has 46 valence electrons. The van der Waals surface area contributed by atoms with E-state index in [-0.39, 0.29) is 6.61 Å². The number of carbonyl (C=O) groups excluding carboxylic acids is 1. The number of terminal acetylenes is 2. The largest absolute Gasteiger partial charge is 0.319 e. The van der Waals surface area contributed by atoms with Crippen molar-refractivity contribution >= 4 is 5.91 Å². The molecule has 0 spiro atoms. The van der Waals surface area contributed by atoms with Crippen molar-refractivity contribution in [3.8, 4) is 24.7 Å². The highest BCUT2D eigenvalue weighted by Gasteiger charge is 1.89. The summed E-state index contributed by atoms with van der Waals surface area (Å²) in [6.07, 6.45) is 9.44. The highest BCUT2D eigenvalue weighted by atomic mass is 16.6. The Kier molecular flexibility index (Phi) is 3.95. The molecule has 0 atom stereocenters. The fourth-order valence-electron chi connectivity index (χ4n) is 0.173. The van der Waals surface area contributed by atoms with Crippen molar-refractivity contribution in [3.05, 3.63) is 0 Å². The van der Waals surface area contributed by atoms with Gasteiger partial charge in [0.1, 0.15) is 6.61 Å². The molecule has 0 rings (SSSR count). The Morgan fingerprint density at radius 2 is 2.33 bits per heavy atom. The molecule has 3 nitrogen and oxygen atoms in total. The van der Waals surface area contributed by atoms with Crippen LogP contribution in [-0.4, -0.2) is 12.5 Å². The first kappa shape index (κ1) is 7.55. The van der Waals surface area contributed by atoms with Crippen LogP contribution in [0.4, 0.5) is 0 Å². The van der Waals surface area contributed by atoms with Gasteiger partial charge in [0.05, 0.1) is 0 Å². The summed E-state index contributed by atoms with van der Waals surface area (Å²) in [6, 6.07) is 0. The zero-order valence-electron chi connectivity index (χ0n) is 4.68. The Balaban J connectivity index is 3.23. The molecular weight excluding hydrogens is 118 g/mol. The van der Waals surface area contributed by atoms with Crippen LogP contribution in [0.15, 0.2) is 0 Å². The van der Waals surface area contributed by atoms with Crippen molar-refractivity contribution in [3.63, 3.8) is 0 Å². The summed E-state index contributed by atoms with van der Waals surface area (Å²) in [4.78, 5) is 14.5. The highest BCUT2D eigenvalue weighted by Crippen LogP contribution is 1.63. The summed E-state index contributed by atoms with van der Waals surface area (Å²) in [5, 5.41) is 0. The lowest BCUT2D eigenvalue weighted by Gasteiger charge is -1.94. The zero-order valence-corrected chi connectivity index (χ0v) is 4.68.